The van der Waals surface area contributed by atoms with E-state index < -0.39 is 23.5 Å². The van der Waals surface area contributed by atoms with Crippen molar-refractivity contribution in [2.45, 2.75) is 62.7 Å². The first-order valence-electron chi connectivity index (χ1n) is 12.3. The molecule has 0 radical (unpaired) electrons. The fourth-order valence-electron chi connectivity index (χ4n) is 6.61. The minimum atomic E-state index is -1.63. The number of hydrogen-bond acceptors (Lipinski definition) is 7. The summed E-state index contributed by atoms with van der Waals surface area (Å²) in [5.41, 5.74) is 5.59. The molecule has 1 amide bonds. The number of carbonyl (C=O) groups excluding carboxylic acids is 2. The Labute approximate surface area is 203 Å². The molecule has 2 unspecified atom stereocenters. The molecule has 0 aromatic carbocycles. The molecule has 3 N–H and O–H groups in total. The van der Waals surface area contributed by atoms with Crippen LogP contribution in [0.15, 0.2) is 35.5 Å². The Balaban J connectivity index is 1.41. The highest BCUT2D eigenvalue weighted by Crippen LogP contribution is 2.45. The summed E-state index contributed by atoms with van der Waals surface area (Å²) in [6.45, 7) is 2.08. The summed E-state index contributed by atoms with van der Waals surface area (Å²) in [5, 5.41) is 15.6. The average Bonchev–Trinajstić information content (AvgIpc) is 3.41. The van der Waals surface area contributed by atoms with Gasteiger partial charge < -0.3 is 20.1 Å². The summed E-state index contributed by atoms with van der Waals surface area (Å²) in [4.78, 5) is 34.5. The fourth-order valence-corrected chi connectivity index (χ4v) is 7.32. The Bertz CT molecular complexity index is 1000. The average molecular weight is 486 g/mol. The van der Waals surface area contributed by atoms with Crippen LogP contribution in [-0.4, -0.2) is 57.2 Å². The van der Waals surface area contributed by atoms with Crippen LogP contribution in [0.1, 0.15) is 62.1 Å². The highest BCUT2D eigenvalue weighted by Gasteiger charge is 2.56. The third-order valence-corrected chi connectivity index (χ3v) is 9.08. The maximum absolute atomic E-state index is 13.7. The van der Waals surface area contributed by atoms with Crippen molar-refractivity contribution in [1.29, 1.82) is 0 Å². The second kappa shape index (κ2) is 9.36. The van der Waals surface area contributed by atoms with Crippen LogP contribution in [0.2, 0.25) is 0 Å². The lowest BCUT2D eigenvalue weighted by Crippen LogP contribution is -2.67. The van der Waals surface area contributed by atoms with Crippen molar-refractivity contribution < 1.29 is 23.9 Å². The number of quaternary nitrogens is 1. The minimum Gasteiger partial charge on any atom is -0.454 e. The molecular weight excluding hydrogens is 452 g/mol. The lowest BCUT2D eigenvalue weighted by Gasteiger charge is -2.54. The molecule has 8 nitrogen and oxygen atoms in total. The molecule has 2 bridgehead atoms. The van der Waals surface area contributed by atoms with Crippen LogP contribution in [0, 0.1) is 11.8 Å². The van der Waals surface area contributed by atoms with Gasteiger partial charge in [0.25, 0.3) is 5.91 Å². The van der Waals surface area contributed by atoms with Gasteiger partial charge in [0.05, 0.1) is 18.7 Å². The quantitative estimate of drug-likeness (QED) is 0.460. The van der Waals surface area contributed by atoms with Crippen LogP contribution in [0.5, 0.6) is 0 Å². The molecule has 3 aliphatic heterocycles. The molecule has 34 heavy (non-hydrogen) atoms. The second-order valence-corrected chi connectivity index (χ2v) is 11.0. The number of hydrogen-bond donors (Lipinski definition) is 2. The van der Waals surface area contributed by atoms with Crippen LogP contribution in [0.3, 0.4) is 0 Å². The number of primary amides is 1. The molecule has 4 aliphatic rings. The zero-order valence-corrected chi connectivity index (χ0v) is 20.2. The molecule has 6 rings (SSSR count). The van der Waals surface area contributed by atoms with Gasteiger partial charge in [0, 0.05) is 42.6 Å². The van der Waals surface area contributed by atoms with Crippen molar-refractivity contribution in [3.8, 4) is 0 Å². The molecule has 1 saturated carbocycles. The van der Waals surface area contributed by atoms with E-state index in [9.17, 15) is 14.7 Å². The number of aromatic nitrogens is 2. The number of piperidine rings is 3. The van der Waals surface area contributed by atoms with E-state index in [1.165, 1.54) is 17.7 Å². The van der Waals surface area contributed by atoms with Gasteiger partial charge in [0.15, 0.2) is 17.7 Å². The van der Waals surface area contributed by atoms with E-state index in [-0.39, 0.29) is 17.9 Å². The van der Waals surface area contributed by atoms with Gasteiger partial charge in [-0.2, -0.15) is 11.3 Å². The van der Waals surface area contributed by atoms with Crippen molar-refractivity contribution in [3.63, 3.8) is 0 Å². The Kier molecular flexibility index (Phi) is 6.43. The van der Waals surface area contributed by atoms with Crippen molar-refractivity contribution in [1.82, 2.24) is 9.97 Å². The summed E-state index contributed by atoms with van der Waals surface area (Å²) < 4.78 is 6.62. The molecule has 9 heteroatoms. The number of carbonyl (C=O) groups is 2. The largest absolute Gasteiger partial charge is 0.454 e. The third-order valence-electron chi connectivity index (χ3n) is 8.40. The fraction of sp³-hybridized carbons (Fsp3) is 0.600. The predicted molar refractivity (Wildman–Crippen MR) is 126 cm³/mol. The number of aliphatic hydroxyl groups is 1. The first-order valence-corrected chi connectivity index (χ1v) is 13.2. The zero-order chi connectivity index (χ0) is 23.8. The monoisotopic (exact) mass is 485 g/mol. The van der Waals surface area contributed by atoms with E-state index >= 15 is 0 Å². The third kappa shape index (κ3) is 4.03. The highest BCUT2D eigenvalue weighted by molar-refractivity contribution is 7.08. The molecule has 5 heterocycles. The highest BCUT2D eigenvalue weighted by atomic mass is 32.1. The van der Waals surface area contributed by atoms with Crippen molar-refractivity contribution in [3.05, 3.63) is 46.7 Å². The normalized spacial score (nSPS) is 29.8. The van der Waals surface area contributed by atoms with E-state index in [4.69, 9.17) is 10.5 Å². The molecule has 2 aromatic rings. The van der Waals surface area contributed by atoms with Crippen molar-refractivity contribution in [2.24, 2.45) is 17.6 Å². The maximum atomic E-state index is 13.7. The summed E-state index contributed by atoms with van der Waals surface area (Å²) >= 11 is 1.48. The molecule has 3 saturated heterocycles. The smallest absolute Gasteiger partial charge is 0.343 e. The Morgan fingerprint density at radius 3 is 2.47 bits per heavy atom. The van der Waals surface area contributed by atoms with Crippen molar-refractivity contribution >= 4 is 23.2 Å². The standard InChI is InChI=1S/C25H32N4O4S/c26-23(30)22(18-12-27-16-28-13-18)29-9-6-17(7-10-29)21(14-29)33-24(31)25(32,20-8-11-34-15-20)19-4-2-1-3-5-19/h8,11-13,15-17,19,21-22,32H,1-7,9-10,14H2,(H-,26,30)/p+1/t17?,21-,22?,25?,29?/m0/s1. The van der Waals surface area contributed by atoms with Gasteiger partial charge >= 0.3 is 5.97 Å². The van der Waals surface area contributed by atoms with E-state index in [0.717, 1.165) is 58.0 Å². The number of thiophene rings is 1. The van der Waals surface area contributed by atoms with Gasteiger partial charge in [-0.05, 0) is 29.7 Å². The predicted octanol–water partition coefficient (Wildman–Crippen LogP) is 2.68. The molecule has 2 aromatic heterocycles. The molecule has 3 atom stereocenters. The van der Waals surface area contributed by atoms with E-state index in [1.807, 2.05) is 16.8 Å². The van der Waals surface area contributed by atoms with Gasteiger partial charge in [0.2, 0.25) is 0 Å². The van der Waals surface area contributed by atoms with Crippen molar-refractivity contribution in [2.75, 3.05) is 19.6 Å². The number of ether oxygens (including phenoxy) is 1. The van der Waals surface area contributed by atoms with E-state index in [0.29, 0.717) is 22.2 Å². The number of fused-ring (bicyclic) bond motifs is 3. The molecule has 4 fully saturated rings. The number of esters is 1. The summed E-state index contributed by atoms with van der Waals surface area (Å²) in [6.07, 6.45) is 10.8. The number of amides is 1. The second-order valence-electron chi connectivity index (χ2n) is 10.2. The van der Waals surface area contributed by atoms with Gasteiger partial charge in [-0.25, -0.2) is 14.8 Å². The summed E-state index contributed by atoms with van der Waals surface area (Å²) in [6, 6.07) is 1.25. The van der Waals surface area contributed by atoms with Gasteiger partial charge in [-0.15, -0.1) is 0 Å². The number of nitrogens with zero attached hydrogens (tertiary/aromatic N) is 3. The Morgan fingerprint density at radius 2 is 1.85 bits per heavy atom. The molecule has 182 valence electrons. The summed E-state index contributed by atoms with van der Waals surface area (Å²) in [5.74, 6) is -0.888. The topological polar surface area (TPSA) is 115 Å². The van der Waals surface area contributed by atoms with Gasteiger partial charge in [0.1, 0.15) is 12.9 Å². The van der Waals surface area contributed by atoms with Crippen LogP contribution in [0.25, 0.3) is 0 Å². The number of rotatable bonds is 7. The molecule has 0 spiro atoms. The van der Waals surface area contributed by atoms with Gasteiger partial charge in [-0.1, -0.05) is 19.3 Å². The van der Waals surface area contributed by atoms with Gasteiger partial charge in [-0.3, -0.25) is 4.79 Å². The number of nitrogens with two attached hydrogens (primary N) is 1. The Hall–Kier alpha value is -2.36. The summed E-state index contributed by atoms with van der Waals surface area (Å²) in [7, 11) is 0. The Morgan fingerprint density at radius 1 is 1.15 bits per heavy atom. The first kappa shape index (κ1) is 23.4. The first-order chi connectivity index (χ1) is 16.4. The van der Waals surface area contributed by atoms with Crippen LogP contribution in [-0.2, 0) is 19.9 Å². The lowest BCUT2D eigenvalue weighted by atomic mass is 9.74. The van der Waals surface area contributed by atoms with E-state index in [1.54, 1.807) is 12.4 Å². The molecular formula is C25H33N4O4S+. The molecule has 1 aliphatic carbocycles. The van der Waals surface area contributed by atoms with E-state index in [2.05, 4.69) is 9.97 Å². The maximum Gasteiger partial charge on any atom is 0.343 e. The van der Waals surface area contributed by atoms with Crippen LogP contribution in [0.4, 0.5) is 0 Å². The lowest BCUT2D eigenvalue weighted by molar-refractivity contribution is -0.965. The minimum absolute atomic E-state index is 0.146. The SMILES string of the molecule is NC(=O)C(c1cncnc1)[N+]12CCC(CC1)[C@@H](OC(=O)C(O)(c1ccsc1)C1CCCCC1)C2. The van der Waals surface area contributed by atoms with Crippen LogP contribution >= 0.6 is 11.3 Å². The van der Waals surface area contributed by atoms with Crippen LogP contribution < -0.4 is 5.73 Å². The zero-order valence-electron chi connectivity index (χ0n) is 19.3.